The minimum Gasteiger partial charge on any atom is -0.328 e. The molecule has 1 heterocycles. The lowest BCUT2D eigenvalue weighted by molar-refractivity contribution is 0.599. The smallest absolute Gasteiger partial charge is 0.203 e. The Balaban J connectivity index is 2.52. The summed E-state index contributed by atoms with van der Waals surface area (Å²) in [5.74, 6) is 0. The molecule has 5 heteroatoms. The molecule has 0 amide bonds. The van der Waals surface area contributed by atoms with Crippen LogP contribution in [0.2, 0.25) is 5.02 Å². The summed E-state index contributed by atoms with van der Waals surface area (Å²) < 4.78 is 24.2. The highest BCUT2D eigenvalue weighted by molar-refractivity contribution is 7.95. The maximum absolute atomic E-state index is 12.1. The molecule has 1 atom stereocenters. The number of sulfone groups is 1. The van der Waals surface area contributed by atoms with E-state index < -0.39 is 9.84 Å². The number of nitrogens with two attached hydrogens (primary N) is 1. The topological polar surface area (TPSA) is 60.2 Å². The Morgan fingerprint density at radius 3 is 2.75 bits per heavy atom. The molecular formula is C11H12ClNO2S. The van der Waals surface area contributed by atoms with Crippen LogP contribution < -0.4 is 5.73 Å². The van der Waals surface area contributed by atoms with Crippen LogP contribution in [0.4, 0.5) is 0 Å². The van der Waals surface area contributed by atoms with Crippen molar-refractivity contribution in [2.24, 2.45) is 5.73 Å². The highest BCUT2D eigenvalue weighted by Crippen LogP contribution is 2.36. The molecule has 2 N–H and O–H groups in total. The van der Waals surface area contributed by atoms with Gasteiger partial charge in [-0.1, -0.05) is 17.7 Å². The molecule has 2 rings (SSSR count). The summed E-state index contributed by atoms with van der Waals surface area (Å²) >= 11 is 5.79. The van der Waals surface area contributed by atoms with E-state index in [1.807, 2.05) is 0 Å². The van der Waals surface area contributed by atoms with Gasteiger partial charge in [0.2, 0.25) is 9.84 Å². The number of benzene rings is 1. The molecule has 0 saturated heterocycles. The molecule has 1 aliphatic heterocycles. The van der Waals surface area contributed by atoms with Crippen LogP contribution in [0.25, 0.3) is 6.08 Å². The number of hydrogen-bond acceptors (Lipinski definition) is 3. The molecular weight excluding hydrogens is 246 g/mol. The summed E-state index contributed by atoms with van der Waals surface area (Å²) in [6, 6.07) is 4.70. The summed E-state index contributed by atoms with van der Waals surface area (Å²) in [5, 5.41) is 0.428. The molecule has 1 aromatic carbocycles. The highest BCUT2D eigenvalue weighted by Gasteiger charge is 2.29. The maximum atomic E-state index is 12.1. The van der Waals surface area contributed by atoms with Gasteiger partial charge in [-0.15, -0.1) is 0 Å². The SMILES string of the molecule is CC(N)CC1=Cc2ccc(Cl)cc2S1(=O)=O. The molecule has 1 aromatic rings. The van der Waals surface area contributed by atoms with Crippen molar-refractivity contribution in [3.63, 3.8) is 0 Å². The lowest BCUT2D eigenvalue weighted by Crippen LogP contribution is -2.17. The van der Waals surface area contributed by atoms with E-state index in [4.69, 9.17) is 17.3 Å². The third kappa shape index (κ3) is 1.88. The van der Waals surface area contributed by atoms with E-state index in [1.54, 1.807) is 25.1 Å². The Morgan fingerprint density at radius 2 is 2.12 bits per heavy atom. The fourth-order valence-electron chi connectivity index (χ4n) is 1.74. The second-order valence-electron chi connectivity index (χ2n) is 3.98. The van der Waals surface area contributed by atoms with Gasteiger partial charge in [0.25, 0.3) is 0 Å². The van der Waals surface area contributed by atoms with Gasteiger partial charge in [0.05, 0.1) is 9.80 Å². The Bertz CT molecular complexity index is 561. The first-order valence-electron chi connectivity index (χ1n) is 4.92. The summed E-state index contributed by atoms with van der Waals surface area (Å²) in [6.07, 6.45) is 2.03. The van der Waals surface area contributed by atoms with Gasteiger partial charge < -0.3 is 5.73 Å². The standard InChI is InChI=1S/C11H12ClNO2S/c1-7(13)4-10-5-8-2-3-9(12)6-11(8)16(10,14)15/h2-3,5-7H,4,13H2,1H3. The molecule has 0 aliphatic carbocycles. The van der Waals surface area contributed by atoms with Gasteiger partial charge >= 0.3 is 0 Å². The first kappa shape index (κ1) is 11.6. The van der Waals surface area contributed by atoms with Gasteiger partial charge in [0.1, 0.15) is 0 Å². The highest BCUT2D eigenvalue weighted by atomic mass is 35.5. The molecule has 0 saturated carbocycles. The predicted octanol–water partition coefficient (Wildman–Crippen LogP) is 2.21. The van der Waals surface area contributed by atoms with Gasteiger partial charge in [0, 0.05) is 11.1 Å². The largest absolute Gasteiger partial charge is 0.328 e. The van der Waals surface area contributed by atoms with Gasteiger partial charge in [-0.25, -0.2) is 8.42 Å². The van der Waals surface area contributed by atoms with Crippen LogP contribution >= 0.6 is 11.6 Å². The van der Waals surface area contributed by atoms with E-state index in [0.717, 1.165) is 0 Å². The summed E-state index contributed by atoms with van der Waals surface area (Å²) in [5.41, 5.74) is 6.32. The molecule has 0 fully saturated rings. The zero-order valence-corrected chi connectivity index (χ0v) is 10.3. The average molecular weight is 258 g/mol. The van der Waals surface area contributed by atoms with Crippen molar-refractivity contribution in [2.75, 3.05) is 0 Å². The van der Waals surface area contributed by atoms with E-state index in [1.165, 1.54) is 6.07 Å². The molecule has 0 aromatic heterocycles. The van der Waals surface area contributed by atoms with Crippen LogP contribution in [0.5, 0.6) is 0 Å². The number of fused-ring (bicyclic) bond motifs is 1. The summed E-state index contributed by atoms with van der Waals surface area (Å²) in [7, 11) is -3.37. The van der Waals surface area contributed by atoms with Crippen molar-refractivity contribution in [1.29, 1.82) is 0 Å². The van der Waals surface area contributed by atoms with Gasteiger partial charge in [-0.3, -0.25) is 0 Å². The lowest BCUT2D eigenvalue weighted by atomic mass is 10.1. The Labute approximate surface area is 99.8 Å². The van der Waals surface area contributed by atoms with Crippen molar-refractivity contribution in [3.05, 3.63) is 33.7 Å². The molecule has 3 nitrogen and oxygen atoms in total. The average Bonchev–Trinajstić information content (AvgIpc) is 2.40. The van der Waals surface area contributed by atoms with E-state index >= 15 is 0 Å². The predicted molar refractivity (Wildman–Crippen MR) is 64.9 cm³/mol. The van der Waals surface area contributed by atoms with Crippen molar-refractivity contribution in [2.45, 2.75) is 24.3 Å². The van der Waals surface area contributed by atoms with Crippen molar-refractivity contribution in [1.82, 2.24) is 0 Å². The zero-order chi connectivity index (χ0) is 11.9. The van der Waals surface area contributed by atoms with Crippen molar-refractivity contribution in [3.8, 4) is 0 Å². The number of rotatable bonds is 2. The zero-order valence-electron chi connectivity index (χ0n) is 8.77. The van der Waals surface area contributed by atoms with Gasteiger partial charge in [-0.2, -0.15) is 0 Å². The third-order valence-electron chi connectivity index (χ3n) is 2.45. The van der Waals surface area contributed by atoms with Crippen molar-refractivity contribution >= 4 is 27.5 Å². The first-order valence-corrected chi connectivity index (χ1v) is 6.78. The Kier molecular flexibility index (Phi) is 2.82. The van der Waals surface area contributed by atoms with E-state index in [2.05, 4.69) is 0 Å². The second-order valence-corrected chi connectivity index (χ2v) is 6.39. The molecule has 86 valence electrons. The van der Waals surface area contributed by atoms with Gasteiger partial charge in [0.15, 0.2) is 0 Å². The first-order chi connectivity index (χ1) is 7.41. The Morgan fingerprint density at radius 1 is 1.44 bits per heavy atom. The van der Waals surface area contributed by atoms with E-state index in [0.29, 0.717) is 21.9 Å². The second kappa shape index (κ2) is 3.87. The van der Waals surface area contributed by atoms with Gasteiger partial charge in [-0.05, 0) is 37.1 Å². The molecule has 1 unspecified atom stereocenters. The maximum Gasteiger partial charge on any atom is 0.203 e. The van der Waals surface area contributed by atoms with Crippen LogP contribution in [-0.2, 0) is 9.84 Å². The molecule has 0 radical (unpaired) electrons. The van der Waals surface area contributed by atoms with Crippen LogP contribution in [0.3, 0.4) is 0 Å². The van der Waals surface area contributed by atoms with E-state index in [-0.39, 0.29) is 10.9 Å². The minimum absolute atomic E-state index is 0.175. The van der Waals surface area contributed by atoms with Crippen molar-refractivity contribution < 1.29 is 8.42 Å². The Hall–Kier alpha value is -0.840. The summed E-state index contributed by atoms with van der Waals surface area (Å²) in [6.45, 7) is 1.78. The normalized spacial score (nSPS) is 19.1. The number of hydrogen-bond donors (Lipinski definition) is 1. The number of halogens is 1. The monoisotopic (exact) mass is 257 g/mol. The lowest BCUT2D eigenvalue weighted by Gasteiger charge is -2.06. The fourth-order valence-corrected chi connectivity index (χ4v) is 3.74. The molecule has 1 aliphatic rings. The summed E-state index contributed by atoms with van der Waals surface area (Å²) in [4.78, 5) is 0.662. The van der Waals surface area contributed by atoms with E-state index in [9.17, 15) is 8.42 Å². The minimum atomic E-state index is -3.37. The quantitative estimate of drug-likeness (QED) is 0.884. The van der Waals surface area contributed by atoms with Crippen LogP contribution in [0.15, 0.2) is 28.0 Å². The van der Waals surface area contributed by atoms with Crippen LogP contribution in [-0.4, -0.2) is 14.5 Å². The van der Waals surface area contributed by atoms with Crippen LogP contribution in [0, 0.1) is 0 Å². The fraction of sp³-hybridized carbons (Fsp3) is 0.273. The third-order valence-corrected chi connectivity index (χ3v) is 4.59. The molecule has 16 heavy (non-hydrogen) atoms. The molecule has 0 bridgehead atoms. The molecule has 0 spiro atoms. The van der Waals surface area contributed by atoms with Crippen LogP contribution in [0.1, 0.15) is 18.9 Å².